The maximum absolute atomic E-state index is 12.2. The van der Waals surface area contributed by atoms with E-state index in [0.29, 0.717) is 35.4 Å². The molecular weight excluding hydrogens is 424 g/mol. The highest BCUT2D eigenvalue weighted by molar-refractivity contribution is 8.03. The van der Waals surface area contributed by atoms with Gasteiger partial charge in [0, 0.05) is 12.1 Å². The summed E-state index contributed by atoms with van der Waals surface area (Å²) in [5.41, 5.74) is 0. The van der Waals surface area contributed by atoms with Crippen LogP contribution in [0.5, 0.6) is 0 Å². The van der Waals surface area contributed by atoms with Gasteiger partial charge in [0.2, 0.25) is 11.8 Å². The average Bonchev–Trinajstić information content (AvgIpc) is 3.16. The number of carbonyl (C=O) groups excluding carboxylic acids is 2. The Kier molecular flexibility index (Phi) is 9.11. The van der Waals surface area contributed by atoms with Crippen LogP contribution in [0.4, 0.5) is 0 Å². The molecule has 2 fully saturated rings. The Morgan fingerprint density at radius 1 is 0.828 bits per heavy atom. The van der Waals surface area contributed by atoms with Gasteiger partial charge in [-0.15, -0.1) is 10.2 Å². The van der Waals surface area contributed by atoms with Crippen LogP contribution in [0.25, 0.3) is 0 Å². The lowest BCUT2D eigenvalue weighted by Gasteiger charge is -2.29. The van der Waals surface area contributed by atoms with Crippen molar-refractivity contribution in [2.45, 2.75) is 86.0 Å². The van der Waals surface area contributed by atoms with Crippen molar-refractivity contribution in [1.29, 1.82) is 0 Å². The van der Waals surface area contributed by atoms with Crippen LogP contribution in [0, 0.1) is 11.8 Å². The van der Waals surface area contributed by atoms with E-state index in [9.17, 15) is 9.59 Å². The van der Waals surface area contributed by atoms with Crippen LogP contribution >= 0.6 is 34.9 Å². The highest BCUT2D eigenvalue weighted by Crippen LogP contribution is 2.29. The summed E-state index contributed by atoms with van der Waals surface area (Å²) in [6.07, 6.45) is 9.50. The number of thioether (sulfide) groups is 2. The van der Waals surface area contributed by atoms with E-state index in [2.05, 4.69) is 34.7 Å². The maximum atomic E-state index is 12.2. The summed E-state index contributed by atoms with van der Waals surface area (Å²) in [7, 11) is 0. The lowest BCUT2D eigenvalue weighted by Crippen LogP contribution is -2.41. The Morgan fingerprint density at radius 2 is 1.24 bits per heavy atom. The smallest absolute Gasteiger partial charge is 0.230 e. The van der Waals surface area contributed by atoms with Crippen LogP contribution in [0.3, 0.4) is 0 Å². The second kappa shape index (κ2) is 11.6. The third-order valence-electron chi connectivity index (χ3n) is 5.96. The molecule has 2 N–H and O–H groups in total. The molecule has 2 aliphatic rings. The average molecular weight is 457 g/mol. The molecule has 0 aromatic carbocycles. The van der Waals surface area contributed by atoms with E-state index in [1.54, 1.807) is 0 Å². The van der Waals surface area contributed by atoms with Crippen molar-refractivity contribution >= 4 is 46.7 Å². The van der Waals surface area contributed by atoms with E-state index < -0.39 is 0 Å². The Bertz CT molecular complexity index is 630. The monoisotopic (exact) mass is 456 g/mol. The van der Waals surface area contributed by atoms with Gasteiger partial charge in [0.25, 0.3) is 0 Å². The number of nitrogens with zero attached hydrogens (tertiary/aromatic N) is 2. The fourth-order valence-corrected chi connectivity index (χ4v) is 6.77. The first-order chi connectivity index (χ1) is 14.0. The predicted molar refractivity (Wildman–Crippen MR) is 120 cm³/mol. The van der Waals surface area contributed by atoms with E-state index in [1.165, 1.54) is 73.4 Å². The summed E-state index contributed by atoms with van der Waals surface area (Å²) >= 11 is 4.30. The zero-order valence-corrected chi connectivity index (χ0v) is 19.8. The van der Waals surface area contributed by atoms with Gasteiger partial charge in [0.1, 0.15) is 0 Å². The molecule has 29 heavy (non-hydrogen) atoms. The normalized spacial score (nSPS) is 27.4. The van der Waals surface area contributed by atoms with E-state index in [-0.39, 0.29) is 11.8 Å². The minimum absolute atomic E-state index is 0.0686. The Labute approximate surface area is 186 Å². The zero-order chi connectivity index (χ0) is 20.6. The summed E-state index contributed by atoms with van der Waals surface area (Å²) < 4.78 is 1.56. The molecule has 1 heterocycles. The Hall–Kier alpha value is -0.800. The van der Waals surface area contributed by atoms with E-state index >= 15 is 0 Å². The second-order valence-corrected chi connectivity index (χ2v) is 11.7. The molecule has 1 aromatic heterocycles. The lowest BCUT2D eigenvalue weighted by atomic mass is 9.86. The van der Waals surface area contributed by atoms with E-state index in [4.69, 9.17) is 0 Å². The Morgan fingerprint density at radius 3 is 1.66 bits per heavy atom. The molecule has 0 aliphatic heterocycles. The van der Waals surface area contributed by atoms with Gasteiger partial charge in [-0.1, -0.05) is 74.4 Å². The number of rotatable bonds is 8. The van der Waals surface area contributed by atoms with Crippen molar-refractivity contribution in [2.75, 3.05) is 11.5 Å². The van der Waals surface area contributed by atoms with Gasteiger partial charge in [-0.05, 0) is 37.5 Å². The minimum atomic E-state index is 0.0686. The van der Waals surface area contributed by atoms with Crippen molar-refractivity contribution in [3.63, 3.8) is 0 Å². The van der Waals surface area contributed by atoms with Gasteiger partial charge >= 0.3 is 0 Å². The number of carbonyl (C=O) groups is 2. The molecule has 1 aromatic rings. The van der Waals surface area contributed by atoms with Crippen molar-refractivity contribution in [1.82, 2.24) is 20.8 Å². The second-order valence-electron chi connectivity index (χ2n) is 8.28. The molecule has 4 unspecified atom stereocenters. The van der Waals surface area contributed by atoms with Gasteiger partial charge < -0.3 is 10.6 Å². The molecule has 3 rings (SSSR count). The molecule has 0 spiro atoms. The fourth-order valence-electron chi connectivity index (χ4n) is 4.13. The Balaban J connectivity index is 1.35. The maximum Gasteiger partial charge on any atom is 0.230 e. The van der Waals surface area contributed by atoms with Crippen LogP contribution in [0.2, 0.25) is 0 Å². The molecule has 2 amide bonds. The van der Waals surface area contributed by atoms with Crippen LogP contribution in [0.1, 0.15) is 65.2 Å². The number of amides is 2. The van der Waals surface area contributed by atoms with Crippen LogP contribution in [-0.2, 0) is 9.59 Å². The largest absolute Gasteiger partial charge is 0.352 e. The SMILES string of the molecule is CC1CCCCC1NC(=O)CSc1nnc(SCC(=O)NC2CCCCC2C)s1. The first-order valence-electron chi connectivity index (χ1n) is 10.7. The standard InChI is InChI=1S/C20H32N4O2S3/c1-13-7-3-5-9-15(13)21-17(25)11-27-19-23-24-20(29-19)28-12-18(26)22-16-10-6-4-8-14(16)2/h13-16H,3-12H2,1-2H3,(H,21,25)(H,22,26). The summed E-state index contributed by atoms with van der Waals surface area (Å²) in [6, 6.07) is 0.616. The highest BCUT2D eigenvalue weighted by Gasteiger charge is 2.24. The topological polar surface area (TPSA) is 84.0 Å². The molecule has 2 saturated carbocycles. The highest BCUT2D eigenvalue weighted by atomic mass is 32.2. The molecule has 2 aliphatic carbocycles. The summed E-state index contributed by atoms with van der Waals surface area (Å²) in [5, 5.41) is 14.6. The molecule has 9 heteroatoms. The van der Waals surface area contributed by atoms with E-state index in [1.807, 2.05) is 0 Å². The number of aromatic nitrogens is 2. The summed E-state index contributed by atoms with van der Waals surface area (Å²) in [4.78, 5) is 24.5. The van der Waals surface area contributed by atoms with Crippen LogP contribution in [0.15, 0.2) is 8.68 Å². The zero-order valence-electron chi connectivity index (χ0n) is 17.3. The quantitative estimate of drug-likeness (QED) is 0.573. The summed E-state index contributed by atoms with van der Waals surface area (Å²) in [6.45, 7) is 4.44. The van der Waals surface area contributed by atoms with Gasteiger partial charge in [0.15, 0.2) is 8.68 Å². The van der Waals surface area contributed by atoms with Crippen molar-refractivity contribution < 1.29 is 9.59 Å². The number of hydrogen-bond acceptors (Lipinski definition) is 7. The third kappa shape index (κ3) is 7.43. The predicted octanol–water partition coefficient (Wildman–Crippen LogP) is 4.11. The molecule has 6 nitrogen and oxygen atoms in total. The van der Waals surface area contributed by atoms with Gasteiger partial charge in [-0.3, -0.25) is 9.59 Å². The van der Waals surface area contributed by atoms with Gasteiger partial charge in [-0.2, -0.15) is 0 Å². The van der Waals surface area contributed by atoms with Crippen molar-refractivity contribution in [2.24, 2.45) is 11.8 Å². The molecule has 4 atom stereocenters. The van der Waals surface area contributed by atoms with Crippen molar-refractivity contribution in [3.8, 4) is 0 Å². The molecule has 162 valence electrons. The van der Waals surface area contributed by atoms with Crippen molar-refractivity contribution in [3.05, 3.63) is 0 Å². The van der Waals surface area contributed by atoms with E-state index in [0.717, 1.165) is 21.5 Å². The fraction of sp³-hybridized carbons (Fsp3) is 0.800. The molecule has 0 radical (unpaired) electrons. The molecule has 0 bridgehead atoms. The van der Waals surface area contributed by atoms with Gasteiger partial charge in [0.05, 0.1) is 11.5 Å². The summed E-state index contributed by atoms with van der Waals surface area (Å²) in [5.74, 6) is 1.98. The minimum Gasteiger partial charge on any atom is -0.352 e. The molecular formula is C20H32N4O2S3. The lowest BCUT2D eigenvalue weighted by molar-refractivity contribution is -0.120. The molecule has 0 saturated heterocycles. The number of hydrogen-bond donors (Lipinski definition) is 2. The van der Waals surface area contributed by atoms with Crippen LogP contribution < -0.4 is 10.6 Å². The number of nitrogens with one attached hydrogen (secondary N) is 2. The van der Waals surface area contributed by atoms with Crippen LogP contribution in [-0.4, -0.2) is 45.6 Å². The first kappa shape index (κ1) is 22.9. The first-order valence-corrected chi connectivity index (χ1v) is 13.5. The van der Waals surface area contributed by atoms with Gasteiger partial charge in [-0.25, -0.2) is 0 Å². The third-order valence-corrected chi connectivity index (χ3v) is 9.15.